The van der Waals surface area contributed by atoms with Crippen LogP contribution in [0.15, 0.2) is 23.1 Å². The number of halogens is 4. The number of nitrogens with zero attached hydrogens (tertiary/aromatic N) is 5. The molecule has 2 unspecified atom stereocenters. The van der Waals surface area contributed by atoms with Gasteiger partial charge in [-0.15, -0.1) is 0 Å². The molecule has 0 bridgehead atoms. The Kier molecular flexibility index (Phi) is 5.15. The number of hydrogen-bond acceptors (Lipinski definition) is 4. The maximum absolute atomic E-state index is 13.5. The van der Waals surface area contributed by atoms with Crippen molar-refractivity contribution < 1.29 is 22.4 Å². The molecule has 162 valence electrons. The zero-order valence-electron chi connectivity index (χ0n) is 16.3. The SMILES string of the molecule is CC1Cc2nn(Cc3ccc(C(F)(F)F)nc3)c(=O)n2C(C(=O)N2CC[C@H](F)C2)C1. The first-order valence-electron chi connectivity index (χ1n) is 9.76. The highest BCUT2D eigenvalue weighted by atomic mass is 19.4. The number of alkyl halides is 4. The number of carbonyl (C=O) groups excluding carboxylic acids is 1. The van der Waals surface area contributed by atoms with Gasteiger partial charge in [-0.1, -0.05) is 13.0 Å². The lowest BCUT2D eigenvalue weighted by Gasteiger charge is -2.30. The molecule has 30 heavy (non-hydrogen) atoms. The van der Waals surface area contributed by atoms with Gasteiger partial charge in [-0.25, -0.2) is 13.9 Å². The zero-order valence-corrected chi connectivity index (χ0v) is 16.3. The van der Waals surface area contributed by atoms with Crippen LogP contribution in [-0.4, -0.2) is 49.4 Å². The fourth-order valence-corrected chi connectivity index (χ4v) is 4.10. The molecule has 4 heterocycles. The molecule has 2 aromatic rings. The molecule has 2 aliphatic rings. The molecule has 4 rings (SSSR count). The lowest BCUT2D eigenvalue weighted by Crippen LogP contribution is -2.43. The van der Waals surface area contributed by atoms with E-state index in [-0.39, 0.29) is 31.3 Å². The van der Waals surface area contributed by atoms with Gasteiger partial charge in [0.1, 0.15) is 23.7 Å². The van der Waals surface area contributed by atoms with Crippen LogP contribution in [0.2, 0.25) is 0 Å². The molecule has 2 aromatic heterocycles. The zero-order chi connectivity index (χ0) is 21.6. The quantitative estimate of drug-likeness (QED) is 0.704. The lowest BCUT2D eigenvalue weighted by atomic mass is 9.93. The highest BCUT2D eigenvalue weighted by Gasteiger charge is 2.38. The van der Waals surface area contributed by atoms with Gasteiger partial charge in [0.15, 0.2) is 0 Å². The first-order chi connectivity index (χ1) is 14.1. The molecule has 0 aromatic carbocycles. The molecule has 3 atom stereocenters. The third-order valence-corrected chi connectivity index (χ3v) is 5.58. The van der Waals surface area contributed by atoms with Crippen molar-refractivity contribution in [2.45, 2.75) is 51.1 Å². The molecular formula is C19H21F4N5O2. The number of amides is 1. The monoisotopic (exact) mass is 427 g/mol. The summed E-state index contributed by atoms with van der Waals surface area (Å²) in [6.45, 7) is 2.24. The molecule has 0 N–H and O–H groups in total. The predicted octanol–water partition coefficient (Wildman–Crippen LogP) is 2.20. The third-order valence-electron chi connectivity index (χ3n) is 5.58. The van der Waals surface area contributed by atoms with E-state index < -0.39 is 29.8 Å². The highest BCUT2D eigenvalue weighted by molar-refractivity contribution is 5.81. The van der Waals surface area contributed by atoms with Crippen LogP contribution in [0.25, 0.3) is 0 Å². The van der Waals surface area contributed by atoms with Crippen molar-refractivity contribution in [1.82, 2.24) is 24.2 Å². The Hall–Kier alpha value is -2.72. The van der Waals surface area contributed by atoms with Crippen LogP contribution in [0.5, 0.6) is 0 Å². The number of fused-ring (bicyclic) bond motifs is 1. The molecular weight excluding hydrogens is 406 g/mol. The summed E-state index contributed by atoms with van der Waals surface area (Å²) >= 11 is 0. The molecule has 7 nitrogen and oxygen atoms in total. The normalized spacial score (nSPS) is 24.2. The number of likely N-dealkylation sites (tertiary alicyclic amines) is 1. The summed E-state index contributed by atoms with van der Waals surface area (Å²) in [5, 5.41) is 4.31. The van der Waals surface area contributed by atoms with E-state index >= 15 is 0 Å². The maximum atomic E-state index is 13.5. The number of hydrogen-bond donors (Lipinski definition) is 0. The van der Waals surface area contributed by atoms with Crippen molar-refractivity contribution in [2.75, 3.05) is 13.1 Å². The summed E-state index contributed by atoms with van der Waals surface area (Å²) in [5.74, 6) is 0.270. The number of rotatable bonds is 3. The summed E-state index contributed by atoms with van der Waals surface area (Å²) in [7, 11) is 0. The van der Waals surface area contributed by atoms with Crippen LogP contribution >= 0.6 is 0 Å². The van der Waals surface area contributed by atoms with Crippen LogP contribution in [0.4, 0.5) is 17.6 Å². The summed E-state index contributed by atoms with van der Waals surface area (Å²) in [5.41, 5.74) is -1.14. The summed E-state index contributed by atoms with van der Waals surface area (Å²) in [6, 6.07) is 1.35. The van der Waals surface area contributed by atoms with Gasteiger partial charge in [0.2, 0.25) is 5.91 Å². The minimum atomic E-state index is -4.54. The van der Waals surface area contributed by atoms with Gasteiger partial charge in [-0.3, -0.25) is 14.3 Å². The number of aromatic nitrogens is 4. The standard InChI is InChI=1S/C19H21F4N5O2/c1-11-6-14(17(29)26-5-4-13(20)10-26)28-16(7-11)25-27(18(28)30)9-12-2-3-15(24-8-12)19(21,22)23/h2-3,8,11,13-14H,4-7,9-10H2,1H3/t11?,13-,14?/m0/s1. The maximum Gasteiger partial charge on any atom is 0.433 e. The van der Waals surface area contributed by atoms with E-state index in [0.717, 1.165) is 16.9 Å². The molecule has 0 saturated carbocycles. The van der Waals surface area contributed by atoms with Crippen LogP contribution in [0.3, 0.4) is 0 Å². The first kappa shape index (κ1) is 20.5. The van der Waals surface area contributed by atoms with E-state index in [9.17, 15) is 27.2 Å². The minimum absolute atomic E-state index is 0.0269. The van der Waals surface area contributed by atoms with E-state index in [0.29, 0.717) is 30.8 Å². The van der Waals surface area contributed by atoms with Gasteiger partial charge in [-0.05, 0) is 30.4 Å². The number of pyridine rings is 1. The van der Waals surface area contributed by atoms with Crippen LogP contribution in [-0.2, 0) is 23.9 Å². The second kappa shape index (κ2) is 7.51. The summed E-state index contributed by atoms with van der Waals surface area (Å²) in [6.07, 6.45) is -3.29. The summed E-state index contributed by atoms with van der Waals surface area (Å²) in [4.78, 5) is 30.8. The Bertz CT molecular complexity index is 998. The molecule has 11 heteroatoms. The fourth-order valence-electron chi connectivity index (χ4n) is 4.10. The van der Waals surface area contributed by atoms with Gasteiger partial charge in [0.25, 0.3) is 0 Å². The van der Waals surface area contributed by atoms with Crippen molar-refractivity contribution in [2.24, 2.45) is 5.92 Å². The van der Waals surface area contributed by atoms with Gasteiger partial charge in [0.05, 0.1) is 13.1 Å². The Morgan fingerprint density at radius 2 is 2.07 bits per heavy atom. The molecule has 1 saturated heterocycles. The van der Waals surface area contributed by atoms with E-state index in [1.165, 1.54) is 15.5 Å². The topological polar surface area (TPSA) is 73.0 Å². The van der Waals surface area contributed by atoms with Gasteiger partial charge < -0.3 is 4.90 Å². The van der Waals surface area contributed by atoms with Crippen molar-refractivity contribution in [3.8, 4) is 0 Å². The predicted molar refractivity (Wildman–Crippen MR) is 97.4 cm³/mol. The molecule has 0 spiro atoms. The molecule has 1 fully saturated rings. The van der Waals surface area contributed by atoms with E-state index in [4.69, 9.17) is 0 Å². The Balaban J connectivity index is 1.61. The van der Waals surface area contributed by atoms with Crippen molar-refractivity contribution in [1.29, 1.82) is 0 Å². The first-order valence-corrected chi connectivity index (χ1v) is 9.76. The molecule has 0 radical (unpaired) electrons. The third kappa shape index (κ3) is 3.84. The van der Waals surface area contributed by atoms with E-state index in [1.807, 2.05) is 6.92 Å². The smallest absolute Gasteiger partial charge is 0.338 e. The van der Waals surface area contributed by atoms with Crippen molar-refractivity contribution >= 4 is 5.91 Å². The minimum Gasteiger partial charge on any atom is -0.338 e. The van der Waals surface area contributed by atoms with E-state index in [1.54, 1.807) is 0 Å². The number of carbonyl (C=O) groups is 1. The molecule has 0 aliphatic carbocycles. The van der Waals surface area contributed by atoms with Gasteiger partial charge >= 0.3 is 11.9 Å². The second-order valence-electron chi connectivity index (χ2n) is 8.01. The Labute approximate surface area is 169 Å². The summed E-state index contributed by atoms with van der Waals surface area (Å²) < 4.78 is 54.1. The molecule has 1 amide bonds. The average Bonchev–Trinajstić information content (AvgIpc) is 3.24. The Morgan fingerprint density at radius 3 is 2.67 bits per heavy atom. The molecule has 2 aliphatic heterocycles. The van der Waals surface area contributed by atoms with Crippen LogP contribution < -0.4 is 5.69 Å². The largest absolute Gasteiger partial charge is 0.433 e. The van der Waals surface area contributed by atoms with Crippen LogP contribution in [0.1, 0.15) is 42.9 Å². The van der Waals surface area contributed by atoms with Crippen LogP contribution in [0, 0.1) is 5.92 Å². The Morgan fingerprint density at radius 1 is 1.30 bits per heavy atom. The lowest BCUT2D eigenvalue weighted by molar-refractivity contribution is -0.141. The van der Waals surface area contributed by atoms with E-state index in [2.05, 4.69) is 10.1 Å². The fraction of sp³-hybridized carbons (Fsp3) is 0.579. The van der Waals surface area contributed by atoms with Crippen molar-refractivity contribution in [3.63, 3.8) is 0 Å². The van der Waals surface area contributed by atoms with Gasteiger partial charge in [0, 0.05) is 19.2 Å². The average molecular weight is 427 g/mol. The van der Waals surface area contributed by atoms with Crippen molar-refractivity contribution in [3.05, 3.63) is 45.9 Å². The van der Waals surface area contributed by atoms with Gasteiger partial charge in [-0.2, -0.15) is 18.3 Å². The second-order valence-corrected chi connectivity index (χ2v) is 8.01. The highest BCUT2D eigenvalue weighted by Crippen LogP contribution is 2.30.